The fourth-order valence-corrected chi connectivity index (χ4v) is 5.01. The Morgan fingerprint density at radius 1 is 1.36 bits per heavy atom. The first-order chi connectivity index (χ1) is 13.5. The van der Waals surface area contributed by atoms with Crippen molar-refractivity contribution in [3.05, 3.63) is 17.3 Å². The van der Waals surface area contributed by atoms with Crippen molar-refractivity contribution in [1.82, 2.24) is 20.2 Å². The summed E-state index contributed by atoms with van der Waals surface area (Å²) in [7, 11) is 0. The van der Waals surface area contributed by atoms with Crippen LogP contribution >= 0.6 is 23.1 Å². The van der Waals surface area contributed by atoms with Crippen LogP contribution in [-0.4, -0.2) is 57.9 Å². The summed E-state index contributed by atoms with van der Waals surface area (Å²) >= 11 is 3.14. The Morgan fingerprint density at radius 2 is 2.11 bits per heavy atom. The lowest BCUT2D eigenvalue weighted by molar-refractivity contribution is -0.121. The molecule has 28 heavy (non-hydrogen) atoms. The number of aromatic nitrogens is 2. The number of thioether (sulfide) groups is 1. The van der Waals surface area contributed by atoms with Crippen LogP contribution in [0.1, 0.15) is 38.5 Å². The Hall–Kier alpha value is -1.87. The van der Waals surface area contributed by atoms with Gasteiger partial charge in [0.15, 0.2) is 0 Å². The van der Waals surface area contributed by atoms with Crippen molar-refractivity contribution in [3.8, 4) is 0 Å². The van der Waals surface area contributed by atoms with Crippen molar-refractivity contribution in [1.29, 1.82) is 0 Å². The average Bonchev–Trinajstić information content (AvgIpc) is 3.13. The summed E-state index contributed by atoms with van der Waals surface area (Å²) in [4.78, 5) is 37.1. The van der Waals surface area contributed by atoms with Gasteiger partial charge in [0.05, 0.1) is 11.9 Å². The number of carbonyl (C=O) groups excluding carboxylic acids is 2. The summed E-state index contributed by atoms with van der Waals surface area (Å²) < 4.78 is 5.03. The van der Waals surface area contributed by atoms with E-state index in [2.05, 4.69) is 28.3 Å². The molecule has 1 fully saturated rings. The number of piperidine rings is 1. The number of fused-ring (bicyclic) bond motifs is 1. The SMILES string of the molecule is CCOC(=O)N1CCC(NC(=O)C(C)Sc2ncnc3sc(CC)cc23)CC1. The zero-order chi connectivity index (χ0) is 20.1. The predicted octanol–water partition coefficient (Wildman–Crippen LogP) is 3.47. The van der Waals surface area contributed by atoms with E-state index in [1.54, 1.807) is 29.5 Å². The number of nitrogens with zero attached hydrogens (tertiary/aromatic N) is 3. The molecule has 0 bridgehead atoms. The van der Waals surface area contributed by atoms with Crippen LogP contribution in [0, 0.1) is 0 Å². The van der Waals surface area contributed by atoms with Gasteiger partial charge in [0.2, 0.25) is 5.91 Å². The number of hydrogen-bond acceptors (Lipinski definition) is 7. The molecule has 2 amide bonds. The van der Waals surface area contributed by atoms with E-state index < -0.39 is 0 Å². The van der Waals surface area contributed by atoms with E-state index in [1.807, 2.05) is 6.92 Å². The van der Waals surface area contributed by atoms with E-state index in [4.69, 9.17) is 4.74 Å². The molecule has 0 aromatic carbocycles. The summed E-state index contributed by atoms with van der Waals surface area (Å²) in [5.74, 6) is -0.00251. The third kappa shape index (κ3) is 4.94. The van der Waals surface area contributed by atoms with Gasteiger partial charge in [-0.2, -0.15) is 0 Å². The lowest BCUT2D eigenvalue weighted by atomic mass is 10.1. The molecule has 3 rings (SSSR count). The number of hydrogen-bond donors (Lipinski definition) is 1. The van der Waals surface area contributed by atoms with Gasteiger partial charge in [-0.1, -0.05) is 18.7 Å². The van der Waals surface area contributed by atoms with Gasteiger partial charge in [-0.05, 0) is 39.2 Å². The first-order valence-electron chi connectivity index (χ1n) is 9.64. The van der Waals surface area contributed by atoms with Gasteiger partial charge in [-0.3, -0.25) is 4.79 Å². The highest BCUT2D eigenvalue weighted by atomic mass is 32.2. The zero-order valence-corrected chi connectivity index (χ0v) is 18.1. The lowest BCUT2D eigenvalue weighted by Crippen LogP contribution is -2.48. The van der Waals surface area contributed by atoms with Crippen LogP contribution in [0.5, 0.6) is 0 Å². The summed E-state index contributed by atoms with van der Waals surface area (Å²) in [5.41, 5.74) is 0. The number of rotatable bonds is 6. The summed E-state index contributed by atoms with van der Waals surface area (Å²) in [6.45, 7) is 7.40. The van der Waals surface area contributed by atoms with Gasteiger partial charge < -0.3 is 15.0 Å². The van der Waals surface area contributed by atoms with Crippen LogP contribution in [-0.2, 0) is 16.0 Å². The molecule has 2 aromatic heterocycles. The van der Waals surface area contributed by atoms with E-state index in [-0.39, 0.29) is 23.3 Å². The minimum Gasteiger partial charge on any atom is -0.450 e. The van der Waals surface area contributed by atoms with Crippen LogP contribution in [0.3, 0.4) is 0 Å². The highest BCUT2D eigenvalue weighted by Gasteiger charge is 2.26. The van der Waals surface area contributed by atoms with Crippen molar-refractivity contribution >= 4 is 45.3 Å². The molecular formula is C19H26N4O3S2. The van der Waals surface area contributed by atoms with Crippen molar-refractivity contribution in [2.45, 2.75) is 56.4 Å². The first-order valence-corrected chi connectivity index (χ1v) is 11.3. The number of carbonyl (C=O) groups is 2. The van der Waals surface area contributed by atoms with Gasteiger partial charge in [0, 0.05) is 29.4 Å². The van der Waals surface area contributed by atoms with E-state index in [0.29, 0.717) is 19.7 Å². The molecule has 1 atom stereocenters. The van der Waals surface area contributed by atoms with Gasteiger partial charge >= 0.3 is 6.09 Å². The molecule has 2 aromatic rings. The molecule has 1 unspecified atom stereocenters. The second kappa shape index (κ2) is 9.56. The molecule has 0 spiro atoms. The zero-order valence-electron chi connectivity index (χ0n) is 16.4. The Morgan fingerprint density at radius 3 is 2.79 bits per heavy atom. The van der Waals surface area contributed by atoms with E-state index in [9.17, 15) is 9.59 Å². The quantitative estimate of drug-likeness (QED) is 0.567. The molecule has 1 aliphatic heterocycles. The molecule has 3 heterocycles. The van der Waals surface area contributed by atoms with E-state index >= 15 is 0 Å². The topological polar surface area (TPSA) is 84.4 Å². The van der Waals surface area contributed by atoms with Crippen LogP contribution < -0.4 is 5.32 Å². The van der Waals surface area contributed by atoms with Crippen molar-refractivity contribution in [3.63, 3.8) is 0 Å². The van der Waals surface area contributed by atoms with Gasteiger partial charge in [-0.15, -0.1) is 11.3 Å². The van der Waals surface area contributed by atoms with Gasteiger partial charge in [-0.25, -0.2) is 14.8 Å². The summed E-state index contributed by atoms with van der Waals surface area (Å²) in [6.07, 6.45) is 3.74. The standard InChI is InChI=1S/C19H26N4O3S2/c1-4-14-10-15-17(20-11-21-18(15)28-14)27-12(3)16(24)22-13-6-8-23(9-7-13)19(25)26-5-2/h10-13H,4-9H2,1-3H3,(H,22,24). The number of nitrogens with one attached hydrogen (secondary N) is 1. The maximum absolute atomic E-state index is 12.7. The molecule has 9 heteroatoms. The molecule has 0 saturated carbocycles. The first kappa shape index (κ1) is 20.9. The Labute approximate surface area is 173 Å². The molecule has 7 nitrogen and oxygen atoms in total. The van der Waals surface area contributed by atoms with Gasteiger partial charge in [0.25, 0.3) is 0 Å². The highest BCUT2D eigenvalue weighted by Crippen LogP contribution is 2.33. The van der Waals surface area contributed by atoms with Crippen molar-refractivity contribution in [2.24, 2.45) is 0 Å². The van der Waals surface area contributed by atoms with Crippen LogP contribution in [0.15, 0.2) is 17.4 Å². The highest BCUT2D eigenvalue weighted by molar-refractivity contribution is 8.00. The normalized spacial score (nSPS) is 16.2. The maximum Gasteiger partial charge on any atom is 0.409 e. The van der Waals surface area contributed by atoms with Crippen LogP contribution in [0.2, 0.25) is 0 Å². The summed E-state index contributed by atoms with van der Waals surface area (Å²) in [6, 6.07) is 2.21. The van der Waals surface area contributed by atoms with Crippen molar-refractivity contribution in [2.75, 3.05) is 19.7 Å². The number of aryl methyl sites for hydroxylation is 1. The third-order valence-corrected chi connectivity index (χ3v) is 7.02. The van der Waals surface area contributed by atoms with Crippen LogP contribution in [0.4, 0.5) is 4.79 Å². The predicted molar refractivity (Wildman–Crippen MR) is 112 cm³/mol. The van der Waals surface area contributed by atoms with E-state index in [1.165, 1.54) is 16.6 Å². The molecule has 0 radical (unpaired) electrons. The fraction of sp³-hybridized carbons (Fsp3) is 0.579. The largest absolute Gasteiger partial charge is 0.450 e. The summed E-state index contributed by atoms with van der Waals surface area (Å²) in [5, 5.41) is 4.73. The molecule has 1 N–H and O–H groups in total. The monoisotopic (exact) mass is 422 g/mol. The van der Waals surface area contributed by atoms with Gasteiger partial charge in [0.1, 0.15) is 16.2 Å². The Kier molecular flexibility index (Phi) is 7.12. The molecule has 0 aliphatic carbocycles. The number of thiophene rings is 1. The molecular weight excluding hydrogens is 396 g/mol. The number of amides is 2. The maximum atomic E-state index is 12.7. The second-order valence-corrected chi connectivity index (χ2v) is 9.14. The number of likely N-dealkylation sites (tertiary alicyclic amines) is 1. The fourth-order valence-electron chi connectivity index (χ4n) is 3.11. The lowest BCUT2D eigenvalue weighted by Gasteiger charge is -2.32. The van der Waals surface area contributed by atoms with Crippen LogP contribution in [0.25, 0.3) is 10.2 Å². The van der Waals surface area contributed by atoms with Crippen molar-refractivity contribution < 1.29 is 14.3 Å². The molecule has 1 aliphatic rings. The second-order valence-electron chi connectivity index (χ2n) is 6.69. The Bertz CT molecular complexity index is 834. The average molecular weight is 423 g/mol. The number of ether oxygens (including phenoxy) is 1. The minimum absolute atomic E-state index is 0.00251. The molecule has 152 valence electrons. The van der Waals surface area contributed by atoms with E-state index in [0.717, 1.165) is 34.5 Å². The smallest absolute Gasteiger partial charge is 0.409 e. The Balaban J connectivity index is 1.54. The molecule has 1 saturated heterocycles. The minimum atomic E-state index is -0.272. The third-order valence-electron chi connectivity index (χ3n) is 4.72.